The molecule has 3 rings (SSSR count). The number of anilines is 1. The highest BCUT2D eigenvalue weighted by Gasteiger charge is 2.14. The van der Waals surface area contributed by atoms with Crippen LogP contribution in [0.2, 0.25) is 0 Å². The van der Waals surface area contributed by atoms with Crippen molar-refractivity contribution in [3.63, 3.8) is 0 Å². The van der Waals surface area contributed by atoms with Crippen LogP contribution in [-0.4, -0.2) is 29.7 Å². The van der Waals surface area contributed by atoms with Crippen LogP contribution in [0.5, 0.6) is 5.75 Å². The summed E-state index contributed by atoms with van der Waals surface area (Å²) in [7, 11) is 1.63. The van der Waals surface area contributed by atoms with Gasteiger partial charge in [0.2, 0.25) is 0 Å². The van der Waals surface area contributed by atoms with E-state index in [0.29, 0.717) is 5.69 Å². The number of nitrogens with one attached hydrogen (secondary N) is 2. The van der Waals surface area contributed by atoms with Crippen LogP contribution < -0.4 is 15.5 Å². The molecule has 2 amide bonds. The second-order valence-corrected chi connectivity index (χ2v) is 7.31. The Kier molecular flexibility index (Phi) is 6.55. The Morgan fingerprint density at radius 2 is 1.65 bits per heavy atom. The number of carbonyl (C=O) groups excluding carboxylic acids is 2. The zero-order valence-corrected chi connectivity index (χ0v) is 18.3. The van der Waals surface area contributed by atoms with E-state index in [-0.39, 0.29) is 0 Å². The Hall–Kier alpha value is -3.87. The maximum absolute atomic E-state index is 12.1. The molecule has 2 aromatic carbocycles. The fourth-order valence-electron chi connectivity index (χ4n) is 3.27. The van der Waals surface area contributed by atoms with Crippen LogP contribution in [0.3, 0.4) is 0 Å². The van der Waals surface area contributed by atoms with Gasteiger partial charge in [-0.2, -0.15) is 5.10 Å². The summed E-state index contributed by atoms with van der Waals surface area (Å²) in [5.74, 6) is -0.822. The highest BCUT2D eigenvalue weighted by Crippen LogP contribution is 2.22. The summed E-state index contributed by atoms with van der Waals surface area (Å²) in [6.45, 7) is 7.88. The van der Waals surface area contributed by atoms with E-state index in [2.05, 4.69) is 20.4 Å². The molecule has 0 aliphatic carbocycles. The number of ether oxygens (including phenoxy) is 1. The minimum atomic E-state index is -0.835. The first-order valence-corrected chi connectivity index (χ1v) is 9.85. The molecule has 3 aromatic rings. The molecule has 0 saturated heterocycles. The summed E-state index contributed by atoms with van der Waals surface area (Å²) in [4.78, 5) is 24.2. The maximum Gasteiger partial charge on any atom is 0.329 e. The summed E-state index contributed by atoms with van der Waals surface area (Å²) in [6, 6.07) is 15.2. The second kappa shape index (κ2) is 9.30. The molecule has 1 heterocycles. The number of amides is 2. The van der Waals surface area contributed by atoms with Gasteiger partial charge in [0.25, 0.3) is 0 Å². The average molecular weight is 418 g/mol. The van der Waals surface area contributed by atoms with Crippen LogP contribution in [0.4, 0.5) is 5.69 Å². The number of rotatable bonds is 5. The first-order chi connectivity index (χ1) is 14.8. The van der Waals surface area contributed by atoms with Crippen LogP contribution in [0.15, 0.2) is 53.6 Å². The van der Waals surface area contributed by atoms with E-state index in [1.807, 2.05) is 70.2 Å². The number of hydrogen-bond donors (Lipinski definition) is 2. The van der Waals surface area contributed by atoms with E-state index in [1.165, 1.54) is 6.21 Å². The summed E-state index contributed by atoms with van der Waals surface area (Å²) in [5, 5.41) is 6.53. The topological polar surface area (TPSA) is 84.7 Å². The summed E-state index contributed by atoms with van der Waals surface area (Å²) < 4.78 is 7.29. The van der Waals surface area contributed by atoms with E-state index in [1.54, 1.807) is 13.2 Å². The van der Waals surface area contributed by atoms with E-state index in [0.717, 1.165) is 39.5 Å². The number of aryl methyl sites for hydroxylation is 3. The molecule has 7 nitrogen and oxygen atoms in total. The maximum atomic E-state index is 12.1. The molecule has 31 heavy (non-hydrogen) atoms. The van der Waals surface area contributed by atoms with Crippen LogP contribution in [0.25, 0.3) is 5.69 Å². The molecule has 0 atom stereocenters. The molecule has 0 aliphatic heterocycles. The predicted octanol–water partition coefficient (Wildman–Crippen LogP) is 3.81. The average Bonchev–Trinajstić information content (AvgIpc) is 3.03. The van der Waals surface area contributed by atoms with Gasteiger partial charge in [-0.05, 0) is 81.3 Å². The molecule has 1 aromatic heterocycles. The quantitative estimate of drug-likeness (QED) is 0.375. The van der Waals surface area contributed by atoms with Gasteiger partial charge in [-0.3, -0.25) is 9.59 Å². The minimum absolute atomic E-state index is 0.565. The zero-order chi connectivity index (χ0) is 22.5. The lowest BCUT2D eigenvalue weighted by Gasteiger charge is -2.10. The Morgan fingerprint density at radius 1 is 0.935 bits per heavy atom. The molecular formula is C24H26N4O3. The number of methoxy groups -OCH3 is 1. The first kappa shape index (κ1) is 21.8. The van der Waals surface area contributed by atoms with E-state index >= 15 is 0 Å². The number of hydrogen-bond acceptors (Lipinski definition) is 4. The number of nitrogens with zero attached hydrogens (tertiary/aromatic N) is 2. The lowest BCUT2D eigenvalue weighted by molar-refractivity contribution is -0.136. The van der Waals surface area contributed by atoms with Crippen molar-refractivity contribution in [1.29, 1.82) is 0 Å². The standard InChI is InChI=1S/C24H26N4O3/c1-15-6-7-20(12-16(15)2)26-23(29)24(30)27-25-14-19-13-17(3)28(18(19)4)21-8-10-22(31-5)11-9-21/h6-14H,1-5H3,(H,26,29)(H,27,30)/b25-14-. The first-order valence-electron chi connectivity index (χ1n) is 9.85. The van der Waals surface area contributed by atoms with Gasteiger partial charge in [-0.15, -0.1) is 0 Å². The molecule has 0 radical (unpaired) electrons. The third-order valence-corrected chi connectivity index (χ3v) is 5.14. The molecule has 0 bridgehead atoms. The Bertz CT molecular complexity index is 1140. The molecule has 7 heteroatoms. The number of aromatic nitrogens is 1. The Balaban J connectivity index is 1.66. The molecule has 0 aliphatic rings. The van der Waals surface area contributed by atoms with Crippen molar-refractivity contribution in [3.8, 4) is 11.4 Å². The largest absolute Gasteiger partial charge is 0.497 e. The Labute approximate surface area is 181 Å². The monoisotopic (exact) mass is 418 g/mol. The predicted molar refractivity (Wildman–Crippen MR) is 122 cm³/mol. The fourth-order valence-corrected chi connectivity index (χ4v) is 3.27. The molecule has 0 fully saturated rings. The van der Waals surface area contributed by atoms with Crippen LogP contribution in [0, 0.1) is 27.7 Å². The van der Waals surface area contributed by atoms with Crippen molar-refractivity contribution < 1.29 is 14.3 Å². The van der Waals surface area contributed by atoms with E-state index in [4.69, 9.17) is 4.74 Å². The minimum Gasteiger partial charge on any atom is -0.497 e. The molecule has 160 valence electrons. The van der Waals surface area contributed by atoms with Crippen molar-refractivity contribution in [2.75, 3.05) is 12.4 Å². The zero-order valence-electron chi connectivity index (χ0n) is 18.3. The third-order valence-electron chi connectivity index (χ3n) is 5.14. The third kappa shape index (κ3) is 5.01. The highest BCUT2D eigenvalue weighted by atomic mass is 16.5. The summed E-state index contributed by atoms with van der Waals surface area (Å²) >= 11 is 0. The molecule has 0 saturated carbocycles. The van der Waals surface area contributed by atoms with Gasteiger partial charge in [0, 0.05) is 28.3 Å². The van der Waals surface area contributed by atoms with Gasteiger partial charge in [0.1, 0.15) is 5.75 Å². The molecular weight excluding hydrogens is 392 g/mol. The van der Waals surface area contributed by atoms with E-state index < -0.39 is 11.8 Å². The van der Waals surface area contributed by atoms with Crippen LogP contribution in [0.1, 0.15) is 28.1 Å². The van der Waals surface area contributed by atoms with Gasteiger partial charge in [0.05, 0.1) is 13.3 Å². The van der Waals surface area contributed by atoms with Crippen LogP contribution >= 0.6 is 0 Å². The molecule has 0 spiro atoms. The number of carbonyl (C=O) groups is 2. The van der Waals surface area contributed by atoms with Gasteiger partial charge in [0.15, 0.2) is 0 Å². The lowest BCUT2D eigenvalue weighted by atomic mass is 10.1. The van der Waals surface area contributed by atoms with Gasteiger partial charge in [-0.1, -0.05) is 6.07 Å². The number of benzene rings is 2. The smallest absolute Gasteiger partial charge is 0.329 e. The lowest BCUT2D eigenvalue weighted by Crippen LogP contribution is -2.32. The number of hydrazone groups is 1. The summed E-state index contributed by atoms with van der Waals surface area (Å²) in [6.07, 6.45) is 1.53. The summed E-state index contributed by atoms with van der Waals surface area (Å²) in [5.41, 5.74) is 8.79. The van der Waals surface area contributed by atoms with Crippen molar-refractivity contribution in [2.24, 2.45) is 5.10 Å². The SMILES string of the molecule is COc1ccc(-n2c(C)cc(/C=N\NC(=O)C(=O)Nc3ccc(C)c(C)c3)c2C)cc1. The highest BCUT2D eigenvalue weighted by molar-refractivity contribution is 6.39. The van der Waals surface area contributed by atoms with Crippen molar-refractivity contribution in [3.05, 3.63) is 76.6 Å². The van der Waals surface area contributed by atoms with E-state index in [9.17, 15) is 9.59 Å². The molecule has 0 unspecified atom stereocenters. The Morgan fingerprint density at radius 3 is 2.29 bits per heavy atom. The van der Waals surface area contributed by atoms with Crippen molar-refractivity contribution >= 4 is 23.7 Å². The van der Waals surface area contributed by atoms with Gasteiger partial charge >= 0.3 is 11.8 Å². The molecule has 2 N–H and O–H groups in total. The van der Waals surface area contributed by atoms with Gasteiger partial charge < -0.3 is 14.6 Å². The van der Waals surface area contributed by atoms with Gasteiger partial charge in [-0.25, -0.2) is 5.43 Å². The van der Waals surface area contributed by atoms with Crippen LogP contribution in [-0.2, 0) is 9.59 Å². The fraction of sp³-hybridized carbons (Fsp3) is 0.208. The second-order valence-electron chi connectivity index (χ2n) is 7.31. The van der Waals surface area contributed by atoms with Crippen molar-refractivity contribution in [1.82, 2.24) is 9.99 Å². The van der Waals surface area contributed by atoms with Crippen molar-refractivity contribution in [2.45, 2.75) is 27.7 Å². The normalized spacial score (nSPS) is 10.9.